The lowest BCUT2D eigenvalue weighted by Gasteiger charge is -2.23. The molecule has 0 saturated carbocycles. The number of para-hydroxylation sites is 1. The Kier molecular flexibility index (Phi) is 5.28. The monoisotopic (exact) mass is 344 g/mol. The number of fused-ring (bicyclic) bond motifs is 1. The van der Waals surface area contributed by atoms with Crippen LogP contribution in [-0.4, -0.2) is 57.4 Å². The van der Waals surface area contributed by atoms with Gasteiger partial charge in [-0.1, -0.05) is 17.3 Å². The van der Waals surface area contributed by atoms with Crippen LogP contribution in [-0.2, 0) is 16.1 Å². The highest BCUT2D eigenvalue weighted by atomic mass is 16.2. The molecule has 0 aliphatic carbocycles. The molecule has 8 heteroatoms. The summed E-state index contributed by atoms with van der Waals surface area (Å²) in [4.78, 5) is 25.8. The number of rotatable bonds is 4. The summed E-state index contributed by atoms with van der Waals surface area (Å²) in [5.74, 6) is -0.293. The maximum Gasteiger partial charge on any atom is 0.224 e. The molecule has 2 atom stereocenters. The van der Waals surface area contributed by atoms with Gasteiger partial charge in [-0.25, -0.2) is 4.68 Å². The molecule has 1 fully saturated rings. The number of likely N-dealkylation sites (tertiary alicyclic amines) is 1. The molecule has 134 valence electrons. The van der Waals surface area contributed by atoms with Gasteiger partial charge in [-0.15, -0.1) is 5.10 Å². The van der Waals surface area contributed by atoms with Crippen molar-refractivity contribution in [3.05, 3.63) is 24.3 Å². The van der Waals surface area contributed by atoms with Gasteiger partial charge in [-0.05, 0) is 25.0 Å². The van der Waals surface area contributed by atoms with Gasteiger partial charge in [0.05, 0.1) is 18.0 Å². The molecule has 0 unspecified atom stereocenters. The number of aromatic nitrogens is 3. The Balaban J connectivity index is 1.55. The summed E-state index contributed by atoms with van der Waals surface area (Å²) in [5.41, 5.74) is 7.78. The molecule has 1 aliphatic rings. The van der Waals surface area contributed by atoms with Crippen molar-refractivity contribution in [1.82, 2.24) is 25.2 Å². The molecule has 3 N–H and O–H groups in total. The number of nitrogens with two attached hydrogens (primary N) is 1. The zero-order valence-corrected chi connectivity index (χ0v) is 14.4. The van der Waals surface area contributed by atoms with Gasteiger partial charge in [0.25, 0.3) is 0 Å². The SMILES string of the molecule is CC(=O)N1C[C@@H](N)CC[C@@H](C(=O)NCCn2nnc3ccccc32)C1. The van der Waals surface area contributed by atoms with Gasteiger partial charge in [-0.3, -0.25) is 9.59 Å². The van der Waals surface area contributed by atoms with Crippen LogP contribution in [0.1, 0.15) is 19.8 Å². The lowest BCUT2D eigenvalue weighted by atomic mass is 10.0. The van der Waals surface area contributed by atoms with Gasteiger partial charge < -0.3 is 16.0 Å². The van der Waals surface area contributed by atoms with Crippen LogP contribution in [0.15, 0.2) is 24.3 Å². The van der Waals surface area contributed by atoms with Crippen molar-refractivity contribution in [2.75, 3.05) is 19.6 Å². The minimum Gasteiger partial charge on any atom is -0.354 e. The maximum atomic E-state index is 12.5. The van der Waals surface area contributed by atoms with Crippen molar-refractivity contribution in [3.8, 4) is 0 Å². The van der Waals surface area contributed by atoms with Gasteiger partial charge in [0.1, 0.15) is 5.52 Å². The Morgan fingerprint density at radius 2 is 2.08 bits per heavy atom. The Bertz CT molecular complexity index is 758. The first-order valence-electron chi connectivity index (χ1n) is 8.61. The smallest absolute Gasteiger partial charge is 0.224 e. The number of hydrogen-bond donors (Lipinski definition) is 2. The van der Waals surface area contributed by atoms with E-state index >= 15 is 0 Å². The molecule has 1 saturated heterocycles. The summed E-state index contributed by atoms with van der Waals surface area (Å²) in [5, 5.41) is 11.2. The third kappa shape index (κ3) is 4.14. The van der Waals surface area contributed by atoms with Gasteiger partial charge in [0.2, 0.25) is 11.8 Å². The second kappa shape index (κ2) is 7.60. The van der Waals surface area contributed by atoms with Gasteiger partial charge in [0, 0.05) is 32.6 Å². The Morgan fingerprint density at radius 1 is 1.28 bits per heavy atom. The maximum absolute atomic E-state index is 12.5. The van der Waals surface area contributed by atoms with E-state index < -0.39 is 0 Å². The number of carbonyl (C=O) groups excluding carboxylic acids is 2. The van der Waals surface area contributed by atoms with Crippen LogP contribution in [0.25, 0.3) is 11.0 Å². The first-order chi connectivity index (χ1) is 12.0. The molecule has 2 heterocycles. The van der Waals surface area contributed by atoms with Crippen molar-refractivity contribution < 1.29 is 9.59 Å². The average Bonchev–Trinajstić information content (AvgIpc) is 2.89. The molecule has 0 bridgehead atoms. The lowest BCUT2D eigenvalue weighted by Crippen LogP contribution is -2.42. The molecule has 2 amide bonds. The van der Waals surface area contributed by atoms with Crippen molar-refractivity contribution in [2.24, 2.45) is 11.7 Å². The van der Waals surface area contributed by atoms with E-state index in [0.29, 0.717) is 32.6 Å². The first kappa shape index (κ1) is 17.3. The summed E-state index contributed by atoms with van der Waals surface area (Å²) in [6.45, 7) is 3.48. The topological polar surface area (TPSA) is 106 Å². The molecule has 2 aromatic rings. The standard InChI is InChI=1S/C17H24N6O2/c1-12(24)22-10-13(6-7-14(18)11-22)17(25)19-8-9-23-16-5-3-2-4-15(16)20-21-23/h2-5,13-14H,6-11,18H2,1H3,(H,19,25)/t13-,14+/m1/s1. The van der Waals surface area contributed by atoms with Crippen LogP contribution in [0.4, 0.5) is 0 Å². The molecule has 8 nitrogen and oxygen atoms in total. The zero-order valence-electron chi connectivity index (χ0n) is 14.4. The molecular formula is C17H24N6O2. The first-order valence-corrected chi connectivity index (χ1v) is 8.61. The fourth-order valence-corrected chi connectivity index (χ4v) is 3.20. The minimum absolute atomic E-state index is 0.0372. The number of carbonyl (C=O) groups is 2. The zero-order chi connectivity index (χ0) is 17.8. The number of nitrogens with zero attached hydrogens (tertiary/aromatic N) is 4. The molecule has 1 aromatic heterocycles. The summed E-state index contributed by atoms with van der Waals surface area (Å²) < 4.78 is 1.78. The Labute approximate surface area is 146 Å². The molecule has 1 aromatic carbocycles. The Morgan fingerprint density at radius 3 is 2.88 bits per heavy atom. The van der Waals surface area contributed by atoms with E-state index in [-0.39, 0.29) is 23.8 Å². The van der Waals surface area contributed by atoms with Crippen LogP contribution in [0, 0.1) is 5.92 Å². The number of amides is 2. The fourth-order valence-electron chi connectivity index (χ4n) is 3.20. The number of hydrogen-bond acceptors (Lipinski definition) is 5. The number of nitrogens with one attached hydrogen (secondary N) is 1. The third-order valence-electron chi connectivity index (χ3n) is 4.64. The van der Waals surface area contributed by atoms with E-state index in [2.05, 4.69) is 15.6 Å². The Hall–Kier alpha value is -2.48. The molecule has 0 spiro atoms. The second-order valence-corrected chi connectivity index (χ2v) is 6.55. The average molecular weight is 344 g/mol. The van der Waals surface area contributed by atoms with Gasteiger partial charge in [-0.2, -0.15) is 0 Å². The fraction of sp³-hybridized carbons (Fsp3) is 0.529. The summed E-state index contributed by atoms with van der Waals surface area (Å²) >= 11 is 0. The molecule has 1 aliphatic heterocycles. The summed E-state index contributed by atoms with van der Waals surface area (Å²) in [6, 6.07) is 7.65. The van der Waals surface area contributed by atoms with Crippen molar-refractivity contribution >= 4 is 22.8 Å². The van der Waals surface area contributed by atoms with Crippen LogP contribution < -0.4 is 11.1 Å². The predicted molar refractivity (Wildman–Crippen MR) is 93.5 cm³/mol. The quantitative estimate of drug-likeness (QED) is 0.820. The summed E-state index contributed by atoms with van der Waals surface area (Å²) in [6.07, 6.45) is 1.44. The minimum atomic E-state index is -0.218. The highest BCUT2D eigenvalue weighted by molar-refractivity contribution is 5.80. The van der Waals surface area contributed by atoms with Crippen LogP contribution in [0.5, 0.6) is 0 Å². The van der Waals surface area contributed by atoms with Crippen LogP contribution >= 0.6 is 0 Å². The van der Waals surface area contributed by atoms with E-state index in [0.717, 1.165) is 17.5 Å². The second-order valence-electron chi connectivity index (χ2n) is 6.55. The van der Waals surface area contributed by atoms with Crippen LogP contribution in [0.3, 0.4) is 0 Å². The van der Waals surface area contributed by atoms with Gasteiger partial charge >= 0.3 is 0 Å². The highest BCUT2D eigenvalue weighted by Gasteiger charge is 2.28. The van der Waals surface area contributed by atoms with Gasteiger partial charge in [0.15, 0.2) is 0 Å². The van der Waals surface area contributed by atoms with E-state index in [1.165, 1.54) is 6.92 Å². The van der Waals surface area contributed by atoms with E-state index in [1.54, 1.807) is 9.58 Å². The lowest BCUT2D eigenvalue weighted by molar-refractivity contribution is -0.131. The van der Waals surface area contributed by atoms with Crippen LogP contribution in [0.2, 0.25) is 0 Å². The largest absolute Gasteiger partial charge is 0.354 e. The normalized spacial score (nSPS) is 21.1. The van der Waals surface area contributed by atoms with E-state index in [4.69, 9.17) is 5.73 Å². The predicted octanol–water partition coefficient (Wildman–Crippen LogP) is 0.133. The number of benzene rings is 1. The van der Waals surface area contributed by atoms with E-state index in [1.807, 2.05) is 24.3 Å². The third-order valence-corrected chi connectivity index (χ3v) is 4.64. The van der Waals surface area contributed by atoms with E-state index in [9.17, 15) is 9.59 Å². The molecule has 25 heavy (non-hydrogen) atoms. The molecular weight excluding hydrogens is 320 g/mol. The summed E-state index contributed by atoms with van der Waals surface area (Å²) in [7, 11) is 0. The van der Waals surface area contributed by atoms with Crippen molar-refractivity contribution in [1.29, 1.82) is 0 Å². The molecule has 0 radical (unpaired) electrons. The van der Waals surface area contributed by atoms with Crippen molar-refractivity contribution in [2.45, 2.75) is 32.4 Å². The highest BCUT2D eigenvalue weighted by Crippen LogP contribution is 2.16. The molecule has 3 rings (SSSR count). The van der Waals surface area contributed by atoms with Crippen molar-refractivity contribution in [3.63, 3.8) is 0 Å².